The van der Waals surface area contributed by atoms with Crippen molar-refractivity contribution in [3.63, 3.8) is 0 Å². The molecule has 0 saturated carbocycles. The second kappa shape index (κ2) is 6.58. The van der Waals surface area contributed by atoms with Crippen molar-refractivity contribution in [3.05, 3.63) is 54.1 Å². The number of benzene rings is 2. The van der Waals surface area contributed by atoms with Gasteiger partial charge in [-0.3, -0.25) is 0 Å². The summed E-state index contributed by atoms with van der Waals surface area (Å²) in [7, 11) is -2.95. The highest BCUT2D eigenvalue weighted by Crippen LogP contribution is 2.10. The van der Waals surface area contributed by atoms with Crippen LogP contribution >= 0.6 is 0 Å². The lowest BCUT2D eigenvalue weighted by molar-refractivity contribution is 0.306. The lowest BCUT2D eigenvalue weighted by Crippen LogP contribution is -2.29. The zero-order valence-corrected chi connectivity index (χ0v) is 10.7. The van der Waals surface area contributed by atoms with Crippen LogP contribution in [-0.2, 0) is 6.61 Å². The Bertz CT molecular complexity index is 488. The molecule has 2 aromatic rings. The molecule has 0 aliphatic rings. The van der Waals surface area contributed by atoms with Gasteiger partial charge in [0.25, 0.3) is 0 Å². The first kappa shape index (κ1) is 14.6. The summed E-state index contributed by atoms with van der Waals surface area (Å²) in [4.78, 5) is 0. The maximum atomic E-state index is 8.98. The predicted molar refractivity (Wildman–Crippen MR) is 76.9 cm³/mol. The van der Waals surface area contributed by atoms with Crippen molar-refractivity contribution in [3.8, 4) is 5.75 Å². The normalized spacial score (nSPS) is 10.2. The van der Waals surface area contributed by atoms with E-state index in [0.29, 0.717) is 23.3 Å². The molecule has 5 nitrogen and oxygen atoms in total. The Morgan fingerprint density at radius 3 is 1.60 bits per heavy atom. The van der Waals surface area contributed by atoms with Gasteiger partial charge in [0.1, 0.15) is 12.4 Å². The molecule has 102 valence electrons. The van der Waals surface area contributed by atoms with Crippen LogP contribution in [0.5, 0.6) is 5.75 Å². The van der Waals surface area contributed by atoms with E-state index >= 15 is 0 Å². The van der Waals surface area contributed by atoms with Gasteiger partial charge in [0.15, 0.2) is 0 Å². The van der Waals surface area contributed by atoms with Crippen molar-refractivity contribution in [1.29, 1.82) is 0 Å². The van der Waals surface area contributed by atoms with Crippen LogP contribution < -0.4 is 15.7 Å². The fraction of sp³-hybridized carbons (Fsp3) is 0.0769. The van der Waals surface area contributed by atoms with E-state index in [1.807, 2.05) is 0 Å². The average molecular weight is 272 g/mol. The summed E-state index contributed by atoms with van der Waals surface area (Å²) >= 11 is 0. The van der Waals surface area contributed by atoms with E-state index in [0.717, 1.165) is 5.56 Å². The topological polar surface area (TPSA) is 90.2 Å². The Balaban J connectivity index is 1.94. The van der Waals surface area contributed by atoms with Crippen LogP contribution in [0.3, 0.4) is 0 Å². The Morgan fingerprint density at radius 2 is 1.15 bits per heavy atom. The standard InChI is InChI=1S/C13H14B2O5/c16-14(17)11-3-1-10(2-4-11)9-20-13-7-5-12(6-8-13)15(18)19/h1-8,16-19H,9H2. The SMILES string of the molecule is OB(O)c1ccc(COc2ccc(B(O)O)cc2)cc1. The molecule has 0 fully saturated rings. The van der Waals surface area contributed by atoms with Crippen LogP contribution in [-0.4, -0.2) is 34.3 Å². The van der Waals surface area contributed by atoms with Crippen LogP contribution in [0.15, 0.2) is 48.5 Å². The smallest absolute Gasteiger partial charge is 0.488 e. The maximum Gasteiger partial charge on any atom is 0.488 e. The van der Waals surface area contributed by atoms with Gasteiger partial charge in [-0.2, -0.15) is 0 Å². The molecular formula is C13H14B2O5. The molecule has 7 heteroatoms. The zero-order chi connectivity index (χ0) is 14.5. The first-order chi connectivity index (χ1) is 9.56. The fourth-order valence-corrected chi connectivity index (χ4v) is 1.69. The van der Waals surface area contributed by atoms with E-state index < -0.39 is 14.2 Å². The predicted octanol–water partition coefficient (Wildman–Crippen LogP) is -1.37. The van der Waals surface area contributed by atoms with Crippen molar-refractivity contribution in [2.24, 2.45) is 0 Å². The summed E-state index contributed by atoms with van der Waals surface area (Å²) in [5, 5.41) is 35.9. The molecule has 0 amide bonds. The van der Waals surface area contributed by atoms with Gasteiger partial charge in [-0.1, -0.05) is 36.4 Å². The molecule has 0 spiro atoms. The van der Waals surface area contributed by atoms with Crippen molar-refractivity contribution in [1.82, 2.24) is 0 Å². The lowest BCUT2D eigenvalue weighted by Gasteiger charge is -2.08. The van der Waals surface area contributed by atoms with E-state index in [1.165, 1.54) is 0 Å². The minimum absolute atomic E-state index is 0.336. The third kappa shape index (κ3) is 3.85. The van der Waals surface area contributed by atoms with Crippen molar-refractivity contribution in [2.75, 3.05) is 0 Å². The monoisotopic (exact) mass is 272 g/mol. The fourth-order valence-electron chi connectivity index (χ4n) is 1.69. The highest BCUT2D eigenvalue weighted by Gasteiger charge is 2.11. The number of hydrogen-bond acceptors (Lipinski definition) is 5. The molecule has 20 heavy (non-hydrogen) atoms. The number of hydrogen-bond donors (Lipinski definition) is 4. The van der Waals surface area contributed by atoms with Crippen LogP contribution in [0.4, 0.5) is 0 Å². The molecule has 0 bridgehead atoms. The minimum Gasteiger partial charge on any atom is -0.489 e. The summed E-state index contributed by atoms with van der Waals surface area (Å²) in [5.41, 5.74) is 1.72. The average Bonchev–Trinajstić information content (AvgIpc) is 2.46. The summed E-state index contributed by atoms with van der Waals surface area (Å²) < 4.78 is 5.54. The van der Waals surface area contributed by atoms with Gasteiger partial charge >= 0.3 is 14.2 Å². The molecule has 0 heterocycles. The Hall–Kier alpha value is -1.79. The molecule has 0 unspecified atom stereocenters. The second-order valence-corrected chi connectivity index (χ2v) is 4.35. The van der Waals surface area contributed by atoms with Gasteiger partial charge in [0.2, 0.25) is 0 Å². The van der Waals surface area contributed by atoms with Crippen molar-refractivity contribution in [2.45, 2.75) is 6.61 Å². The van der Waals surface area contributed by atoms with E-state index in [1.54, 1.807) is 48.5 Å². The third-order valence-corrected chi connectivity index (χ3v) is 2.86. The molecule has 0 aliphatic heterocycles. The van der Waals surface area contributed by atoms with Crippen LogP contribution in [0.25, 0.3) is 0 Å². The van der Waals surface area contributed by atoms with Crippen LogP contribution in [0.1, 0.15) is 5.56 Å². The first-order valence-electron chi connectivity index (χ1n) is 6.10. The lowest BCUT2D eigenvalue weighted by atomic mass is 9.80. The molecule has 0 radical (unpaired) electrons. The van der Waals surface area contributed by atoms with Crippen molar-refractivity contribution < 1.29 is 24.8 Å². The highest BCUT2D eigenvalue weighted by molar-refractivity contribution is 6.58. The van der Waals surface area contributed by atoms with E-state index in [2.05, 4.69) is 0 Å². The molecule has 0 atom stereocenters. The second-order valence-electron chi connectivity index (χ2n) is 4.35. The maximum absolute atomic E-state index is 8.98. The van der Waals surface area contributed by atoms with E-state index in [9.17, 15) is 0 Å². The molecule has 2 aromatic carbocycles. The first-order valence-corrected chi connectivity index (χ1v) is 6.10. The Morgan fingerprint density at radius 1 is 0.700 bits per heavy atom. The summed E-state index contributed by atoms with van der Waals surface area (Å²) in [6.45, 7) is 0.336. The van der Waals surface area contributed by atoms with Gasteiger partial charge in [-0.05, 0) is 28.6 Å². The van der Waals surface area contributed by atoms with Gasteiger partial charge in [-0.25, -0.2) is 0 Å². The van der Waals surface area contributed by atoms with Gasteiger partial charge in [0.05, 0.1) is 0 Å². The van der Waals surface area contributed by atoms with Gasteiger partial charge in [-0.15, -0.1) is 0 Å². The zero-order valence-electron chi connectivity index (χ0n) is 10.7. The highest BCUT2D eigenvalue weighted by atomic mass is 16.5. The molecule has 0 saturated heterocycles. The van der Waals surface area contributed by atoms with Crippen LogP contribution in [0.2, 0.25) is 0 Å². The molecule has 0 aromatic heterocycles. The van der Waals surface area contributed by atoms with Crippen molar-refractivity contribution >= 4 is 25.2 Å². The molecule has 2 rings (SSSR count). The summed E-state index contributed by atoms with van der Waals surface area (Å²) in [5.74, 6) is 0.612. The summed E-state index contributed by atoms with van der Waals surface area (Å²) in [6.07, 6.45) is 0. The number of rotatable bonds is 5. The van der Waals surface area contributed by atoms with E-state index in [4.69, 9.17) is 24.8 Å². The largest absolute Gasteiger partial charge is 0.489 e. The quantitative estimate of drug-likeness (QED) is 0.504. The van der Waals surface area contributed by atoms with Gasteiger partial charge in [0, 0.05) is 0 Å². The van der Waals surface area contributed by atoms with Gasteiger partial charge < -0.3 is 24.8 Å². The third-order valence-electron chi connectivity index (χ3n) is 2.86. The molecule has 4 N–H and O–H groups in total. The van der Waals surface area contributed by atoms with E-state index in [-0.39, 0.29) is 0 Å². The Kier molecular flexibility index (Phi) is 4.81. The molecular weight excluding hydrogens is 258 g/mol. The molecule has 0 aliphatic carbocycles. The minimum atomic E-state index is -1.48. The summed E-state index contributed by atoms with van der Waals surface area (Å²) in [6, 6.07) is 13.2. The Labute approximate surface area is 117 Å². The van der Waals surface area contributed by atoms with Crippen LogP contribution in [0, 0.1) is 0 Å². The number of ether oxygens (including phenoxy) is 1.